The van der Waals surface area contributed by atoms with Gasteiger partial charge in [0, 0.05) is 6.42 Å². The molecule has 6 nitrogen and oxygen atoms in total. The zero-order valence-electron chi connectivity index (χ0n) is 10.0. The molecule has 1 aromatic rings. The number of carbonyl (C=O) groups is 1. The molecule has 0 amide bonds. The zero-order chi connectivity index (χ0) is 12.8. The second kappa shape index (κ2) is 6.03. The number of aryl methyl sites for hydroxylation is 1. The number of carboxylic acid groups (broad SMARTS) is 1. The average molecular weight is 239 g/mol. The lowest BCUT2D eigenvalue weighted by molar-refractivity contribution is -0.138. The molecule has 0 unspecified atom stereocenters. The summed E-state index contributed by atoms with van der Waals surface area (Å²) in [6.07, 6.45) is 3.11. The first-order chi connectivity index (χ1) is 8.04. The molecule has 1 atom stereocenters. The normalized spacial score (nSPS) is 12.4. The molecule has 0 fully saturated rings. The largest absolute Gasteiger partial charge is 0.480 e. The van der Waals surface area contributed by atoms with Crippen molar-refractivity contribution in [2.75, 3.05) is 5.32 Å². The quantitative estimate of drug-likeness (QED) is 0.704. The lowest BCUT2D eigenvalue weighted by Gasteiger charge is -2.15. The number of allylic oxidation sites excluding steroid dienone is 1. The van der Waals surface area contributed by atoms with E-state index >= 15 is 0 Å². The van der Waals surface area contributed by atoms with Gasteiger partial charge >= 0.3 is 12.0 Å². The fourth-order valence-electron chi connectivity index (χ4n) is 1.29. The van der Waals surface area contributed by atoms with E-state index in [4.69, 9.17) is 9.52 Å². The highest BCUT2D eigenvalue weighted by Gasteiger charge is 2.23. The number of anilines is 1. The van der Waals surface area contributed by atoms with Crippen LogP contribution in [0.5, 0.6) is 0 Å². The van der Waals surface area contributed by atoms with Crippen LogP contribution in [0.25, 0.3) is 0 Å². The van der Waals surface area contributed by atoms with Crippen molar-refractivity contribution in [2.24, 2.45) is 5.92 Å². The number of hydrogen-bond acceptors (Lipinski definition) is 5. The lowest BCUT2D eigenvalue weighted by Crippen LogP contribution is -2.34. The highest BCUT2D eigenvalue weighted by atomic mass is 16.4. The molecule has 0 aliphatic carbocycles. The number of nitrogens with one attached hydrogen (secondary N) is 1. The van der Waals surface area contributed by atoms with Crippen molar-refractivity contribution in [1.82, 2.24) is 10.2 Å². The maximum Gasteiger partial charge on any atom is 0.326 e. The van der Waals surface area contributed by atoms with Gasteiger partial charge in [-0.1, -0.05) is 25.0 Å². The Morgan fingerprint density at radius 3 is 2.82 bits per heavy atom. The van der Waals surface area contributed by atoms with E-state index in [2.05, 4.69) is 22.1 Å². The standard InChI is InChI=1S/C11H17N3O3/c1-4-5-6-8-13-14-11(17-8)12-9(7(2)3)10(15)16/h4,7,9H,1,5-6H2,2-3H3,(H,12,14)(H,15,16)/t9-/m0/s1. The summed E-state index contributed by atoms with van der Waals surface area (Å²) in [6.45, 7) is 7.21. The summed E-state index contributed by atoms with van der Waals surface area (Å²) < 4.78 is 5.27. The SMILES string of the molecule is C=CCCc1nnc(N[C@H](C(=O)O)C(C)C)o1. The zero-order valence-corrected chi connectivity index (χ0v) is 10.0. The molecule has 0 aromatic carbocycles. The van der Waals surface area contributed by atoms with Gasteiger partial charge in [0.25, 0.3) is 0 Å². The van der Waals surface area contributed by atoms with E-state index in [0.717, 1.165) is 6.42 Å². The molecule has 0 radical (unpaired) electrons. The number of aromatic nitrogens is 2. The van der Waals surface area contributed by atoms with Crippen LogP contribution in [0.3, 0.4) is 0 Å². The van der Waals surface area contributed by atoms with E-state index in [-0.39, 0.29) is 11.9 Å². The van der Waals surface area contributed by atoms with Gasteiger partial charge in [-0.25, -0.2) is 4.79 Å². The molecule has 6 heteroatoms. The van der Waals surface area contributed by atoms with Crippen molar-refractivity contribution in [3.05, 3.63) is 18.5 Å². The highest BCUT2D eigenvalue weighted by Crippen LogP contribution is 2.12. The molecule has 2 N–H and O–H groups in total. The molecule has 0 saturated carbocycles. The van der Waals surface area contributed by atoms with Gasteiger partial charge in [0.15, 0.2) is 0 Å². The van der Waals surface area contributed by atoms with Crippen LogP contribution < -0.4 is 5.32 Å². The predicted octanol–water partition coefficient (Wildman–Crippen LogP) is 1.71. The highest BCUT2D eigenvalue weighted by molar-refractivity contribution is 5.76. The van der Waals surface area contributed by atoms with Crippen LogP contribution in [0, 0.1) is 5.92 Å². The van der Waals surface area contributed by atoms with Crippen LogP contribution in [-0.2, 0) is 11.2 Å². The Bertz CT molecular complexity index is 387. The molecule has 1 aromatic heterocycles. The topological polar surface area (TPSA) is 88.2 Å². The van der Waals surface area contributed by atoms with Crippen LogP contribution in [0.4, 0.5) is 6.01 Å². The Morgan fingerprint density at radius 2 is 2.29 bits per heavy atom. The number of rotatable bonds is 7. The molecule has 0 aliphatic rings. The second-order valence-electron chi connectivity index (χ2n) is 4.03. The predicted molar refractivity (Wildman–Crippen MR) is 62.7 cm³/mol. The van der Waals surface area contributed by atoms with E-state index in [1.165, 1.54) is 0 Å². The number of aliphatic carboxylic acids is 1. The first-order valence-electron chi connectivity index (χ1n) is 5.47. The van der Waals surface area contributed by atoms with Gasteiger partial charge in [0.1, 0.15) is 6.04 Å². The average Bonchev–Trinajstić information content (AvgIpc) is 2.70. The molecule has 94 valence electrons. The van der Waals surface area contributed by atoms with Gasteiger partial charge in [-0.05, 0) is 12.3 Å². The van der Waals surface area contributed by atoms with Crippen molar-refractivity contribution in [3.8, 4) is 0 Å². The summed E-state index contributed by atoms with van der Waals surface area (Å²) in [7, 11) is 0. The van der Waals surface area contributed by atoms with E-state index in [9.17, 15) is 4.79 Å². The maximum absolute atomic E-state index is 11.0. The summed E-state index contributed by atoms with van der Waals surface area (Å²) in [5.74, 6) is -0.540. The third-order valence-electron chi connectivity index (χ3n) is 2.24. The molecule has 0 spiro atoms. The minimum absolute atomic E-state index is 0.0731. The molecule has 0 aliphatic heterocycles. The Hall–Kier alpha value is -1.85. The van der Waals surface area contributed by atoms with Gasteiger partial charge in [-0.2, -0.15) is 0 Å². The van der Waals surface area contributed by atoms with E-state index in [1.54, 1.807) is 19.9 Å². The second-order valence-corrected chi connectivity index (χ2v) is 4.03. The number of nitrogens with zero attached hydrogens (tertiary/aromatic N) is 2. The van der Waals surface area contributed by atoms with Gasteiger partial charge in [-0.15, -0.1) is 11.7 Å². The third kappa shape index (κ3) is 3.90. The molecule has 17 heavy (non-hydrogen) atoms. The van der Waals surface area contributed by atoms with Crippen LogP contribution in [-0.4, -0.2) is 27.3 Å². The Kier molecular flexibility index (Phi) is 4.68. The van der Waals surface area contributed by atoms with Crippen LogP contribution in [0.2, 0.25) is 0 Å². The fourth-order valence-corrected chi connectivity index (χ4v) is 1.29. The maximum atomic E-state index is 11.0. The molecule has 0 saturated heterocycles. The molecule has 0 bridgehead atoms. The number of hydrogen-bond donors (Lipinski definition) is 2. The summed E-state index contributed by atoms with van der Waals surface area (Å²) >= 11 is 0. The molecule has 1 heterocycles. The van der Waals surface area contributed by atoms with Gasteiger partial charge < -0.3 is 14.8 Å². The van der Waals surface area contributed by atoms with Crippen molar-refractivity contribution in [2.45, 2.75) is 32.7 Å². The third-order valence-corrected chi connectivity index (χ3v) is 2.24. The van der Waals surface area contributed by atoms with Gasteiger partial charge in [0.05, 0.1) is 0 Å². The minimum Gasteiger partial charge on any atom is -0.480 e. The molecular weight excluding hydrogens is 222 g/mol. The fraction of sp³-hybridized carbons (Fsp3) is 0.545. The molecular formula is C11H17N3O3. The summed E-state index contributed by atoms with van der Waals surface area (Å²) in [5, 5.41) is 19.3. The van der Waals surface area contributed by atoms with Crippen LogP contribution in [0.15, 0.2) is 17.1 Å². The van der Waals surface area contributed by atoms with Crippen molar-refractivity contribution in [1.29, 1.82) is 0 Å². The van der Waals surface area contributed by atoms with Gasteiger partial charge in [0.2, 0.25) is 5.89 Å². The summed E-state index contributed by atoms with van der Waals surface area (Å²) in [4.78, 5) is 11.0. The van der Waals surface area contributed by atoms with Crippen LogP contribution in [0.1, 0.15) is 26.2 Å². The lowest BCUT2D eigenvalue weighted by atomic mass is 10.1. The van der Waals surface area contributed by atoms with Crippen LogP contribution >= 0.6 is 0 Å². The Labute approximate surface area is 99.7 Å². The first-order valence-corrected chi connectivity index (χ1v) is 5.47. The minimum atomic E-state index is -0.939. The van der Waals surface area contributed by atoms with E-state index in [1.807, 2.05) is 0 Å². The van der Waals surface area contributed by atoms with E-state index < -0.39 is 12.0 Å². The Morgan fingerprint density at radius 1 is 1.59 bits per heavy atom. The van der Waals surface area contributed by atoms with Crippen molar-refractivity contribution in [3.63, 3.8) is 0 Å². The van der Waals surface area contributed by atoms with Crippen molar-refractivity contribution >= 4 is 12.0 Å². The number of carboxylic acids is 1. The van der Waals surface area contributed by atoms with Crippen molar-refractivity contribution < 1.29 is 14.3 Å². The smallest absolute Gasteiger partial charge is 0.326 e. The molecule has 1 rings (SSSR count). The summed E-state index contributed by atoms with van der Waals surface area (Å²) in [5.41, 5.74) is 0. The Balaban J connectivity index is 2.63. The van der Waals surface area contributed by atoms with Gasteiger partial charge in [-0.3, -0.25) is 0 Å². The first kappa shape index (κ1) is 13.2. The van der Waals surface area contributed by atoms with E-state index in [0.29, 0.717) is 12.3 Å². The summed E-state index contributed by atoms with van der Waals surface area (Å²) in [6, 6.07) is -0.590. The monoisotopic (exact) mass is 239 g/mol.